The second-order valence-corrected chi connectivity index (χ2v) is 7.32. The molecule has 1 aliphatic heterocycles. The highest BCUT2D eigenvalue weighted by molar-refractivity contribution is 14.1. The van der Waals surface area contributed by atoms with Crippen molar-refractivity contribution in [1.82, 2.24) is 30.5 Å². The first kappa shape index (κ1) is 15.8. The number of aromatic nitrogens is 5. The molecule has 0 atom stereocenters. The zero-order valence-corrected chi connectivity index (χ0v) is 16.0. The van der Waals surface area contributed by atoms with Crippen molar-refractivity contribution in [3.05, 3.63) is 46.1 Å². The zero-order valence-electron chi connectivity index (χ0n) is 13.8. The summed E-state index contributed by atoms with van der Waals surface area (Å²) in [7, 11) is 0. The zero-order chi connectivity index (χ0) is 17.5. The predicted molar refractivity (Wildman–Crippen MR) is 111 cm³/mol. The Morgan fingerprint density at radius 2 is 2.08 bits per heavy atom. The van der Waals surface area contributed by atoms with Crippen LogP contribution in [0.1, 0.15) is 12.1 Å². The standard InChI is InChI=1S/C18H16IN7/c19-16-12-7-11(1-2-14(12)25-26-16)23-17-13-8-15(10-3-5-20-6-4-10)24-18(13)22-9-21-17/h1-3,7-9,20H,4-6H2,(H,25,26)(H2,21,22,23,24). The minimum Gasteiger partial charge on any atom is -0.340 e. The second-order valence-electron chi connectivity index (χ2n) is 6.25. The number of nitrogens with zero attached hydrogens (tertiary/aromatic N) is 3. The normalized spacial score (nSPS) is 14.7. The van der Waals surface area contributed by atoms with E-state index in [-0.39, 0.29) is 0 Å². The highest BCUT2D eigenvalue weighted by Crippen LogP contribution is 2.29. The molecule has 4 N–H and O–H groups in total. The molecule has 130 valence electrons. The van der Waals surface area contributed by atoms with Crippen molar-refractivity contribution in [1.29, 1.82) is 0 Å². The van der Waals surface area contributed by atoms with Crippen LogP contribution in [-0.2, 0) is 0 Å². The van der Waals surface area contributed by atoms with Crippen LogP contribution in [0.15, 0.2) is 36.7 Å². The highest BCUT2D eigenvalue weighted by atomic mass is 127. The second kappa shape index (κ2) is 6.36. The van der Waals surface area contributed by atoms with Crippen molar-refractivity contribution < 1.29 is 0 Å². The summed E-state index contributed by atoms with van der Waals surface area (Å²) in [6.45, 7) is 1.91. The summed E-state index contributed by atoms with van der Waals surface area (Å²) in [6.07, 6.45) is 4.82. The van der Waals surface area contributed by atoms with Gasteiger partial charge in [-0.15, -0.1) is 0 Å². The molecule has 0 saturated heterocycles. The molecule has 7 nitrogen and oxygen atoms in total. The molecule has 0 saturated carbocycles. The average Bonchev–Trinajstić information content (AvgIpc) is 3.27. The van der Waals surface area contributed by atoms with Crippen molar-refractivity contribution in [2.75, 3.05) is 18.4 Å². The summed E-state index contributed by atoms with van der Waals surface area (Å²) < 4.78 is 1.02. The quantitative estimate of drug-likeness (QED) is 0.353. The Hall–Kier alpha value is -2.46. The van der Waals surface area contributed by atoms with E-state index in [1.165, 1.54) is 5.57 Å². The Morgan fingerprint density at radius 1 is 1.12 bits per heavy atom. The van der Waals surface area contributed by atoms with Crippen LogP contribution in [0.3, 0.4) is 0 Å². The van der Waals surface area contributed by atoms with Crippen molar-refractivity contribution in [3.8, 4) is 0 Å². The van der Waals surface area contributed by atoms with Gasteiger partial charge < -0.3 is 15.6 Å². The Morgan fingerprint density at radius 3 is 2.96 bits per heavy atom. The lowest BCUT2D eigenvalue weighted by Gasteiger charge is -2.12. The Balaban J connectivity index is 1.54. The Bertz CT molecular complexity index is 1140. The lowest BCUT2D eigenvalue weighted by Crippen LogP contribution is -2.20. The molecule has 8 heteroatoms. The summed E-state index contributed by atoms with van der Waals surface area (Å²) in [6, 6.07) is 8.22. The fourth-order valence-corrected chi connectivity index (χ4v) is 3.83. The van der Waals surface area contributed by atoms with E-state index < -0.39 is 0 Å². The SMILES string of the molecule is Ic1[nH]nc2ccc(Nc3ncnc4[nH]c(C5=CCNCC5)cc34)cc12. The molecule has 0 spiro atoms. The third kappa shape index (κ3) is 2.74. The molecule has 0 unspecified atom stereocenters. The molecule has 0 aliphatic carbocycles. The number of hydrogen-bond acceptors (Lipinski definition) is 5. The summed E-state index contributed by atoms with van der Waals surface area (Å²) in [4.78, 5) is 12.3. The maximum atomic E-state index is 4.45. The first-order valence-corrected chi connectivity index (χ1v) is 9.50. The van der Waals surface area contributed by atoms with Crippen LogP contribution in [0.5, 0.6) is 0 Å². The first-order valence-electron chi connectivity index (χ1n) is 8.42. The van der Waals surface area contributed by atoms with Crippen LogP contribution in [0.4, 0.5) is 11.5 Å². The largest absolute Gasteiger partial charge is 0.340 e. The van der Waals surface area contributed by atoms with Crippen molar-refractivity contribution in [2.24, 2.45) is 0 Å². The number of benzene rings is 1. The van der Waals surface area contributed by atoms with Gasteiger partial charge in [0.1, 0.15) is 21.5 Å². The molecule has 1 aromatic carbocycles. The Labute approximate surface area is 162 Å². The van der Waals surface area contributed by atoms with Crippen LogP contribution in [-0.4, -0.2) is 38.2 Å². The smallest absolute Gasteiger partial charge is 0.143 e. The molecule has 4 heterocycles. The molecule has 0 radical (unpaired) electrons. The van der Waals surface area contributed by atoms with Gasteiger partial charge >= 0.3 is 0 Å². The fourth-order valence-electron chi connectivity index (χ4n) is 3.27. The maximum absolute atomic E-state index is 4.45. The lowest BCUT2D eigenvalue weighted by molar-refractivity contribution is 0.737. The van der Waals surface area contributed by atoms with Gasteiger partial charge in [0.2, 0.25) is 0 Å². The van der Waals surface area contributed by atoms with E-state index in [9.17, 15) is 0 Å². The molecule has 0 amide bonds. The van der Waals surface area contributed by atoms with Gasteiger partial charge in [-0.1, -0.05) is 6.08 Å². The van der Waals surface area contributed by atoms with Crippen molar-refractivity contribution >= 4 is 61.6 Å². The Kier molecular flexibility index (Phi) is 3.86. The number of anilines is 2. The van der Waals surface area contributed by atoms with Gasteiger partial charge in [0, 0.05) is 23.3 Å². The lowest BCUT2D eigenvalue weighted by atomic mass is 10.1. The number of hydrogen-bond donors (Lipinski definition) is 4. The summed E-state index contributed by atoms with van der Waals surface area (Å²) in [5, 5.41) is 16.1. The fraction of sp³-hybridized carbons (Fsp3) is 0.167. The molecule has 5 rings (SSSR count). The monoisotopic (exact) mass is 457 g/mol. The average molecular weight is 457 g/mol. The van der Waals surface area contributed by atoms with Gasteiger partial charge in [-0.2, -0.15) is 5.10 Å². The van der Waals surface area contributed by atoms with E-state index in [1.807, 2.05) is 12.1 Å². The number of nitrogens with one attached hydrogen (secondary N) is 4. The van der Waals surface area contributed by atoms with E-state index in [4.69, 9.17) is 0 Å². The first-order chi connectivity index (χ1) is 12.8. The minimum atomic E-state index is 0.796. The number of H-pyrrole nitrogens is 2. The topological polar surface area (TPSA) is 94.3 Å². The van der Waals surface area contributed by atoms with E-state index in [0.717, 1.165) is 62.3 Å². The molecular weight excluding hydrogens is 441 g/mol. The van der Waals surface area contributed by atoms with Gasteiger partial charge in [0.25, 0.3) is 0 Å². The third-order valence-electron chi connectivity index (χ3n) is 4.61. The van der Waals surface area contributed by atoms with Gasteiger partial charge in [0.15, 0.2) is 0 Å². The van der Waals surface area contributed by atoms with Crippen LogP contribution in [0.2, 0.25) is 0 Å². The van der Waals surface area contributed by atoms with Crippen LogP contribution in [0, 0.1) is 3.70 Å². The minimum absolute atomic E-state index is 0.796. The molecule has 4 aromatic rings. The van der Waals surface area contributed by atoms with Gasteiger partial charge in [-0.05, 0) is 65.4 Å². The number of halogens is 1. The van der Waals surface area contributed by atoms with Crippen LogP contribution >= 0.6 is 22.6 Å². The number of rotatable bonds is 3. The van der Waals surface area contributed by atoms with E-state index >= 15 is 0 Å². The van der Waals surface area contributed by atoms with Crippen LogP contribution < -0.4 is 10.6 Å². The van der Waals surface area contributed by atoms with Crippen molar-refractivity contribution in [3.63, 3.8) is 0 Å². The molecule has 1 aliphatic rings. The maximum Gasteiger partial charge on any atom is 0.143 e. The van der Waals surface area contributed by atoms with Gasteiger partial charge in [-0.3, -0.25) is 5.10 Å². The summed E-state index contributed by atoms with van der Waals surface area (Å²) in [5.74, 6) is 0.796. The number of fused-ring (bicyclic) bond motifs is 2. The molecule has 0 bridgehead atoms. The van der Waals surface area contributed by atoms with E-state index in [1.54, 1.807) is 6.33 Å². The molecule has 0 fully saturated rings. The molecule has 26 heavy (non-hydrogen) atoms. The van der Waals surface area contributed by atoms with E-state index in [2.05, 4.69) is 76.6 Å². The highest BCUT2D eigenvalue weighted by Gasteiger charge is 2.13. The summed E-state index contributed by atoms with van der Waals surface area (Å²) in [5.41, 5.74) is 5.21. The summed E-state index contributed by atoms with van der Waals surface area (Å²) >= 11 is 2.26. The molecular formula is C18H16IN7. The third-order valence-corrected chi connectivity index (χ3v) is 5.43. The van der Waals surface area contributed by atoms with Crippen LogP contribution in [0.25, 0.3) is 27.5 Å². The number of aromatic amines is 2. The van der Waals surface area contributed by atoms with E-state index in [0.29, 0.717) is 0 Å². The van der Waals surface area contributed by atoms with Crippen molar-refractivity contribution in [2.45, 2.75) is 6.42 Å². The van der Waals surface area contributed by atoms with Gasteiger partial charge in [0.05, 0.1) is 10.9 Å². The van der Waals surface area contributed by atoms with Gasteiger partial charge in [-0.25, -0.2) is 9.97 Å². The predicted octanol–water partition coefficient (Wildman–Crippen LogP) is 3.56. The molecule has 3 aromatic heterocycles.